The van der Waals surface area contributed by atoms with E-state index < -0.39 is 17.6 Å². The SMILES string of the molecule is CCC(C)O/N=C(/C([NH])=O)c1csc(NC(=O)OC(C)(C)C)n1. The lowest BCUT2D eigenvalue weighted by molar-refractivity contribution is -0.112. The molecular formula is C14H21N4O4S. The number of nitrogens with one attached hydrogen (secondary N) is 2. The van der Waals surface area contributed by atoms with Crippen LogP contribution in [0.3, 0.4) is 0 Å². The molecule has 0 saturated heterocycles. The Hall–Kier alpha value is -2.16. The zero-order valence-corrected chi connectivity index (χ0v) is 14.6. The van der Waals surface area contributed by atoms with Crippen LogP contribution in [0, 0.1) is 0 Å². The molecule has 0 aromatic carbocycles. The molecule has 1 atom stereocenters. The van der Waals surface area contributed by atoms with Crippen LogP contribution in [0.15, 0.2) is 10.5 Å². The van der Waals surface area contributed by atoms with E-state index in [1.165, 1.54) is 5.38 Å². The van der Waals surface area contributed by atoms with Crippen LogP contribution in [-0.2, 0) is 14.4 Å². The van der Waals surface area contributed by atoms with Gasteiger partial charge >= 0.3 is 6.09 Å². The second kappa shape index (κ2) is 7.91. The standard InChI is InChI=1S/C14H21N4O4S/c1-6-8(2)22-18-10(11(15)19)9-7-23-12(16-9)17-13(20)21-14(3,4)5/h7-8,15H,6H2,1-5H3,(H,16,17,20)/b18-10+. The topological polar surface area (TPSA) is 114 Å². The van der Waals surface area contributed by atoms with Crippen molar-refractivity contribution in [1.29, 1.82) is 0 Å². The lowest BCUT2D eigenvalue weighted by Crippen LogP contribution is -2.27. The summed E-state index contributed by atoms with van der Waals surface area (Å²) in [5.74, 6) is -1.01. The number of nitrogens with zero attached hydrogens (tertiary/aromatic N) is 2. The van der Waals surface area contributed by atoms with Crippen LogP contribution in [-0.4, -0.2) is 34.4 Å². The molecule has 0 aliphatic rings. The molecule has 2 N–H and O–H groups in total. The molecule has 1 radical (unpaired) electrons. The average molecular weight is 341 g/mol. The van der Waals surface area contributed by atoms with Crippen LogP contribution in [0.25, 0.3) is 0 Å². The van der Waals surface area contributed by atoms with Gasteiger partial charge in [0.2, 0.25) is 0 Å². The maximum Gasteiger partial charge on any atom is 0.413 e. The normalized spacial score (nSPS) is 13.3. The molecule has 2 amide bonds. The first-order valence-corrected chi connectivity index (χ1v) is 7.96. The molecule has 1 aromatic rings. The number of rotatable bonds is 6. The fourth-order valence-electron chi connectivity index (χ4n) is 1.25. The van der Waals surface area contributed by atoms with Crippen LogP contribution in [0.2, 0.25) is 0 Å². The molecule has 0 saturated carbocycles. The van der Waals surface area contributed by atoms with E-state index in [9.17, 15) is 9.59 Å². The van der Waals surface area contributed by atoms with Gasteiger partial charge in [0.25, 0.3) is 5.91 Å². The first-order valence-electron chi connectivity index (χ1n) is 7.08. The molecule has 8 nitrogen and oxygen atoms in total. The monoisotopic (exact) mass is 341 g/mol. The van der Waals surface area contributed by atoms with Crippen molar-refractivity contribution in [1.82, 2.24) is 10.7 Å². The van der Waals surface area contributed by atoms with E-state index in [4.69, 9.17) is 15.3 Å². The maximum absolute atomic E-state index is 11.7. The summed E-state index contributed by atoms with van der Waals surface area (Å²) in [5.41, 5.74) is 6.58. The van der Waals surface area contributed by atoms with Crippen LogP contribution in [0.1, 0.15) is 46.7 Å². The number of carbonyl (C=O) groups is 2. The number of aromatic nitrogens is 1. The third-order valence-corrected chi connectivity index (χ3v) is 3.23. The molecular weight excluding hydrogens is 320 g/mol. The lowest BCUT2D eigenvalue weighted by atomic mass is 10.2. The average Bonchev–Trinajstić information content (AvgIpc) is 2.84. The lowest BCUT2D eigenvalue weighted by Gasteiger charge is -2.18. The maximum atomic E-state index is 11.7. The molecule has 0 bridgehead atoms. The Morgan fingerprint density at radius 3 is 2.65 bits per heavy atom. The minimum atomic E-state index is -1.01. The van der Waals surface area contributed by atoms with E-state index >= 15 is 0 Å². The van der Waals surface area contributed by atoms with Gasteiger partial charge in [0.1, 0.15) is 17.4 Å². The van der Waals surface area contributed by atoms with Crippen molar-refractivity contribution >= 4 is 34.2 Å². The molecule has 9 heteroatoms. The summed E-state index contributed by atoms with van der Waals surface area (Å²) < 4.78 is 5.11. The predicted octanol–water partition coefficient (Wildman–Crippen LogP) is 2.82. The first kappa shape index (κ1) is 18.9. The van der Waals surface area contributed by atoms with Gasteiger partial charge in [0, 0.05) is 5.38 Å². The Morgan fingerprint density at radius 2 is 2.13 bits per heavy atom. The highest BCUT2D eigenvalue weighted by Crippen LogP contribution is 2.18. The van der Waals surface area contributed by atoms with Crippen LogP contribution < -0.4 is 11.1 Å². The number of anilines is 1. The number of oxime groups is 1. The summed E-state index contributed by atoms with van der Waals surface area (Å²) >= 11 is 1.09. The summed E-state index contributed by atoms with van der Waals surface area (Å²) in [6, 6.07) is 0. The van der Waals surface area contributed by atoms with Gasteiger partial charge < -0.3 is 9.57 Å². The van der Waals surface area contributed by atoms with Gasteiger partial charge in [-0.25, -0.2) is 9.78 Å². The van der Waals surface area contributed by atoms with E-state index in [1.807, 2.05) is 6.92 Å². The molecule has 0 spiro atoms. The predicted molar refractivity (Wildman–Crippen MR) is 87.4 cm³/mol. The molecule has 23 heavy (non-hydrogen) atoms. The summed E-state index contributed by atoms with van der Waals surface area (Å²) in [4.78, 5) is 32.2. The van der Waals surface area contributed by atoms with Crippen LogP contribution in [0.4, 0.5) is 9.93 Å². The summed E-state index contributed by atoms with van der Waals surface area (Å²) in [6.07, 6.45) is -0.113. The second-order valence-corrected chi connectivity index (χ2v) is 6.62. The fraction of sp³-hybridized carbons (Fsp3) is 0.571. The van der Waals surface area contributed by atoms with Crippen molar-refractivity contribution in [3.63, 3.8) is 0 Å². The summed E-state index contributed by atoms with van der Waals surface area (Å²) in [5, 5.41) is 7.92. The van der Waals surface area contributed by atoms with Crippen molar-refractivity contribution in [2.45, 2.75) is 52.7 Å². The molecule has 127 valence electrons. The summed E-state index contributed by atoms with van der Waals surface area (Å²) in [6.45, 7) is 8.95. The highest BCUT2D eigenvalue weighted by molar-refractivity contribution is 7.14. The number of ether oxygens (including phenoxy) is 1. The third kappa shape index (κ3) is 6.64. The zero-order valence-electron chi connectivity index (χ0n) is 13.8. The van der Waals surface area contributed by atoms with Crippen molar-refractivity contribution in [2.75, 3.05) is 5.32 Å². The first-order chi connectivity index (χ1) is 10.6. The van der Waals surface area contributed by atoms with Gasteiger partial charge in [-0.15, -0.1) is 11.3 Å². The quantitative estimate of drug-likeness (QED) is 0.631. The number of amides is 2. The Kier molecular flexibility index (Phi) is 6.49. The Morgan fingerprint density at radius 1 is 1.48 bits per heavy atom. The van der Waals surface area contributed by atoms with Gasteiger partial charge in [0.15, 0.2) is 10.8 Å². The Bertz CT molecular complexity index is 592. The number of hydrogen-bond acceptors (Lipinski definition) is 7. The van der Waals surface area contributed by atoms with Gasteiger partial charge in [-0.05, 0) is 34.1 Å². The van der Waals surface area contributed by atoms with E-state index in [-0.39, 0.29) is 22.6 Å². The molecule has 1 aromatic heterocycles. The van der Waals surface area contributed by atoms with Gasteiger partial charge in [-0.2, -0.15) is 0 Å². The molecule has 0 fully saturated rings. The minimum Gasteiger partial charge on any atom is -0.444 e. The molecule has 1 unspecified atom stereocenters. The van der Waals surface area contributed by atoms with Crippen molar-refractivity contribution < 1.29 is 19.2 Å². The molecule has 0 aliphatic carbocycles. The van der Waals surface area contributed by atoms with E-state index in [1.54, 1.807) is 27.7 Å². The minimum absolute atomic E-state index is 0.171. The Labute approximate surface area is 139 Å². The van der Waals surface area contributed by atoms with E-state index in [2.05, 4.69) is 15.5 Å². The zero-order chi connectivity index (χ0) is 17.6. The highest BCUT2D eigenvalue weighted by Gasteiger charge is 2.20. The second-order valence-electron chi connectivity index (χ2n) is 5.76. The Balaban J connectivity index is 2.83. The number of thiazole rings is 1. The fourth-order valence-corrected chi connectivity index (χ4v) is 1.93. The van der Waals surface area contributed by atoms with E-state index in [0.717, 1.165) is 11.3 Å². The van der Waals surface area contributed by atoms with Crippen molar-refractivity contribution in [3.05, 3.63) is 11.1 Å². The van der Waals surface area contributed by atoms with Crippen LogP contribution >= 0.6 is 11.3 Å². The third-order valence-electron chi connectivity index (χ3n) is 2.47. The van der Waals surface area contributed by atoms with Crippen molar-refractivity contribution in [3.8, 4) is 0 Å². The van der Waals surface area contributed by atoms with Gasteiger partial charge in [-0.1, -0.05) is 12.1 Å². The number of carbonyl (C=O) groups excluding carboxylic acids is 2. The van der Waals surface area contributed by atoms with Crippen LogP contribution in [0.5, 0.6) is 0 Å². The smallest absolute Gasteiger partial charge is 0.413 e. The highest BCUT2D eigenvalue weighted by atomic mass is 32.1. The van der Waals surface area contributed by atoms with Gasteiger partial charge in [-0.3, -0.25) is 15.8 Å². The van der Waals surface area contributed by atoms with E-state index in [0.29, 0.717) is 6.42 Å². The summed E-state index contributed by atoms with van der Waals surface area (Å²) in [7, 11) is 0. The van der Waals surface area contributed by atoms with Crippen molar-refractivity contribution in [2.24, 2.45) is 5.16 Å². The number of hydrogen-bond donors (Lipinski definition) is 1. The molecule has 1 heterocycles. The largest absolute Gasteiger partial charge is 0.444 e. The van der Waals surface area contributed by atoms with Gasteiger partial charge in [0.05, 0.1) is 0 Å². The molecule has 1 rings (SSSR count). The molecule has 0 aliphatic heterocycles.